The molecule has 3 aromatic carbocycles. The van der Waals surface area contributed by atoms with Crippen molar-refractivity contribution in [2.45, 2.75) is 31.0 Å². The van der Waals surface area contributed by atoms with E-state index in [0.717, 1.165) is 30.5 Å². The lowest BCUT2D eigenvalue weighted by Gasteiger charge is -2.48. The third-order valence-electron chi connectivity index (χ3n) is 7.69. The van der Waals surface area contributed by atoms with Gasteiger partial charge in [0.05, 0.1) is 29.7 Å². The monoisotopic (exact) mass is 595 g/mol. The van der Waals surface area contributed by atoms with Crippen LogP contribution in [0.25, 0.3) is 0 Å². The number of para-hydroxylation sites is 2. The largest absolute Gasteiger partial charge is 0.361 e. The van der Waals surface area contributed by atoms with Gasteiger partial charge in [0.2, 0.25) is 22.3 Å². The van der Waals surface area contributed by atoms with E-state index in [4.69, 9.17) is 11.6 Å². The summed E-state index contributed by atoms with van der Waals surface area (Å²) in [7, 11) is -3.51. The molecule has 2 amide bonds. The minimum absolute atomic E-state index is 0.101. The normalized spacial score (nSPS) is 19.7. The molecule has 216 valence electrons. The molecule has 1 saturated heterocycles. The van der Waals surface area contributed by atoms with Gasteiger partial charge in [-0.05, 0) is 53.9 Å². The number of sulfonamides is 1. The fraction of sp³-hybridized carbons (Fsp3) is 0.333. The minimum atomic E-state index is -3.51. The van der Waals surface area contributed by atoms with Crippen LogP contribution in [0, 0.1) is 0 Å². The number of halogens is 1. The molecule has 9 nitrogen and oxygen atoms in total. The molecule has 0 radical (unpaired) electrons. The summed E-state index contributed by atoms with van der Waals surface area (Å²) in [6, 6.07) is 21.8. The van der Waals surface area contributed by atoms with Crippen molar-refractivity contribution < 1.29 is 18.0 Å². The highest BCUT2D eigenvalue weighted by molar-refractivity contribution is 7.92. The van der Waals surface area contributed by atoms with Crippen LogP contribution in [0.2, 0.25) is 5.02 Å². The number of fused-ring (bicyclic) bond motifs is 1. The van der Waals surface area contributed by atoms with Crippen molar-refractivity contribution in [1.29, 1.82) is 0 Å². The summed E-state index contributed by atoms with van der Waals surface area (Å²) in [4.78, 5) is 29.4. The molecule has 11 heteroatoms. The fourth-order valence-corrected chi connectivity index (χ4v) is 6.56. The van der Waals surface area contributed by atoms with E-state index in [-0.39, 0.29) is 18.0 Å². The van der Waals surface area contributed by atoms with Crippen LogP contribution in [0.1, 0.15) is 22.7 Å². The fourth-order valence-electron chi connectivity index (χ4n) is 5.86. The molecule has 0 bridgehead atoms. The second kappa shape index (κ2) is 12.5. The number of rotatable bonds is 9. The molecule has 0 aliphatic carbocycles. The van der Waals surface area contributed by atoms with E-state index >= 15 is 0 Å². The van der Waals surface area contributed by atoms with E-state index < -0.39 is 16.1 Å². The summed E-state index contributed by atoms with van der Waals surface area (Å²) in [5, 5.41) is 6.99. The zero-order valence-electron chi connectivity index (χ0n) is 22.8. The second-order valence-corrected chi connectivity index (χ2v) is 12.7. The van der Waals surface area contributed by atoms with Gasteiger partial charge in [-0.1, -0.05) is 60.1 Å². The van der Waals surface area contributed by atoms with Gasteiger partial charge in [0.25, 0.3) is 0 Å². The average Bonchev–Trinajstić information content (AvgIpc) is 2.96. The maximum absolute atomic E-state index is 13.9. The van der Waals surface area contributed by atoms with Crippen LogP contribution in [0.4, 0.5) is 11.4 Å². The van der Waals surface area contributed by atoms with Crippen molar-refractivity contribution >= 4 is 45.3 Å². The molecule has 3 N–H and O–H groups in total. The van der Waals surface area contributed by atoms with Crippen molar-refractivity contribution in [3.63, 3.8) is 0 Å². The van der Waals surface area contributed by atoms with Gasteiger partial charge in [-0.25, -0.2) is 8.42 Å². The van der Waals surface area contributed by atoms with Crippen LogP contribution in [0.5, 0.6) is 0 Å². The first kappa shape index (κ1) is 28.9. The number of nitrogens with one attached hydrogen (secondary N) is 3. The number of anilines is 2. The van der Waals surface area contributed by atoms with E-state index in [1.165, 1.54) is 11.1 Å². The van der Waals surface area contributed by atoms with Crippen LogP contribution >= 0.6 is 11.6 Å². The molecule has 2 aliphatic heterocycles. The summed E-state index contributed by atoms with van der Waals surface area (Å²) >= 11 is 6.03. The number of amides is 2. The number of piperazine rings is 1. The molecular weight excluding hydrogens is 562 g/mol. The number of benzene rings is 3. The topological polar surface area (TPSA) is 111 Å². The van der Waals surface area contributed by atoms with Crippen LogP contribution in [-0.4, -0.2) is 70.2 Å². The van der Waals surface area contributed by atoms with E-state index in [0.29, 0.717) is 43.2 Å². The molecule has 2 aliphatic rings. The summed E-state index contributed by atoms with van der Waals surface area (Å²) in [6.45, 7) is 2.06. The third-order valence-corrected chi connectivity index (χ3v) is 8.54. The first-order valence-corrected chi connectivity index (χ1v) is 15.9. The maximum Gasteiger partial charge on any atom is 0.245 e. The Labute approximate surface area is 245 Å². The number of hydrogen-bond acceptors (Lipinski definition) is 6. The summed E-state index contributed by atoms with van der Waals surface area (Å²) < 4.78 is 27.0. The van der Waals surface area contributed by atoms with E-state index in [2.05, 4.69) is 32.4 Å². The Hall–Kier alpha value is -3.60. The maximum atomic E-state index is 13.9. The summed E-state index contributed by atoms with van der Waals surface area (Å²) in [5.41, 5.74) is 4.56. The smallest absolute Gasteiger partial charge is 0.245 e. The zero-order valence-corrected chi connectivity index (χ0v) is 24.4. The van der Waals surface area contributed by atoms with E-state index in [9.17, 15) is 18.0 Å². The molecule has 1 fully saturated rings. The van der Waals surface area contributed by atoms with Gasteiger partial charge in [0, 0.05) is 31.1 Å². The molecule has 0 aromatic heterocycles. The zero-order chi connectivity index (χ0) is 29.0. The molecule has 41 heavy (non-hydrogen) atoms. The van der Waals surface area contributed by atoms with Crippen LogP contribution < -0.4 is 20.3 Å². The molecule has 5 rings (SSSR count). The lowest BCUT2D eigenvalue weighted by atomic mass is 9.87. The predicted octanol–water partition coefficient (Wildman–Crippen LogP) is 2.97. The molecule has 1 unspecified atom stereocenters. The minimum Gasteiger partial charge on any atom is -0.361 e. The molecule has 3 atom stereocenters. The van der Waals surface area contributed by atoms with Gasteiger partial charge in [0.15, 0.2) is 0 Å². The van der Waals surface area contributed by atoms with Crippen LogP contribution in [-0.2, 0) is 32.5 Å². The summed E-state index contributed by atoms with van der Waals surface area (Å²) in [6.07, 6.45) is 2.95. The molecule has 0 spiro atoms. The Morgan fingerprint density at radius 1 is 1.07 bits per heavy atom. The highest BCUT2D eigenvalue weighted by atomic mass is 35.5. The summed E-state index contributed by atoms with van der Waals surface area (Å²) in [5.74, 6) is -0.164. The van der Waals surface area contributed by atoms with Gasteiger partial charge < -0.3 is 20.4 Å². The first-order valence-electron chi connectivity index (χ1n) is 13.6. The Balaban J connectivity index is 1.48. The average molecular weight is 596 g/mol. The molecular formula is C30H34ClN5O4S. The number of nitrogens with zero attached hydrogens (tertiary/aromatic N) is 2. The highest BCUT2D eigenvalue weighted by Crippen LogP contribution is 2.36. The SMILES string of the molecule is CS(=O)(=O)Nc1ccccc1N1CCN(C(=O)[C@@H](Cc2ccc(Cl)cc2)NC=O)C[C@@H]1C1NCCc2ccccc21. The Bertz CT molecular complexity index is 1500. The standard InChI is InChI=1S/C30H34ClN5O4S/c1-41(39,40)34-25-8-4-5-9-27(25)36-17-16-35(19-28(36)29-24-7-3-2-6-22(24)14-15-32-29)30(38)26(33-20-37)18-21-10-12-23(31)13-11-21/h2-13,20,26,28-29,32,34H,14-19H2,1H3,(H,33,37)/t26-,28-,29?/m1/s1. The van der Waals surface area contributed by atoms with Crippen molar-refractivity contribution in [2.75, 3.05) is 42.1 Å². The molecule has 0 saturated carbocycles. The second-order valence-electron chi connectivity index (χ2n) is 10.5. The van der Waals surface area contributed by atoms with Crippen LogP contribution in [0.15, 0.2) is 72.8 Å². The Kier molecular flexibility index (Phi) is 8.82. The van der Waals surface area contributed by atoms with Crippen molar-refractivity contribution in [3.8, 4) is 0 Å². The highest BCUT2D eigenvalue weighted by Gasteiger charge is 2.39. The Morgan fingerprint density at radius 2 is 1.80 bits per heavy atom. The van der Waals surface area contributed by atoms with Gasteiger partial charge in [-0.3, -0.25) is 14.3 Å². The lowest BCUT2D eigenvalue weighted by Crippen LogP contribution is -2.62. The van der Waals surface area contributed by atoms with Gasteiger partial charge >= 0.3 is 0 Å². The lowest BCUT2D eigenvalue weighted by molar-refractivity contribution is -0.135. The predicted molar refractivity (Wildman–Crippen MR) is 162 cm³/mol. The number of carbonyl (C=O) groups excluding carboxylic acids is 2. The van der Waals surface area contributed by atoms with E-state index in [1.807, 2.05) is 41.3 Å². The molecule has 3 aromatic rings. The first-order chi connectivity index (χ1) is 19.7. The third kappa shape index (κ3) is 6.83. The van der Waals surface area contributed by atoms with Crippen molar-refractivity contribution in [1.82, 2.24) is 15.5 Å². The van der Waals surface area contributed by atoms with Crippen LogP contribution in [0.3, 0.4) is 0 Å². The quantitative estimate of drug-likeness (QED) is 0.328. The van der Waals surface area contributed by atoms with Crippen molar-refractivity contribution in [3.05, 3.63) is 94.5 Å². The van der Waals surface area contributed by atoms with Gasteiger partial charge in [-0.2, -0.15) is 0 Å². The van der Waals surface area contributed by atoms with E-state index in [1.54, 1.807) is 24.3 Å². The van der Waals surface area contributed by atoms with Gasteiger partial charge in [0.1, 0.15) is 6.04 Å². The van der Waals surface area contributed by atoms with Crippen molar-refractivity contribution in [2.24, 2.45) is 0 Å². The molecule has 2 heterocycles. The number of carbonyl (C=O) groups is 2. The van der Waals surface area contributed by atoms with Gasteiger partial charge in [-0.15, -0.1) is 0 Å². The Morgan fingerprint density at radius 3 is 2.56 bits per heavy atom. The number of hydrogen-bond donors (Lipinski definition) is 3.